The highest BCUT2D eigenvalue weighted by molar-refractivity contribution is 7.09. The highest BCUT2D eigenvalue weighted by Crippen LogP contribution is 2.11. The number of nitrogens with zero attached hydrogens (tertiary/aromatic N) is 1. The first kappa shape index (κ1) is 16.0. The molecule has 1 heterocycles. The van der Waals surface area contributed by atoms with Crippen molar-refractivity contribution < 1.29 is 19.4 Å². The van der Waals surface area contributed by atoms with Gasteiger partial charge < -0.3 is 15.2 Å². The zero-order valence-corrected chi connectivity index (χ0v) is 12.9. The van der Waals surface area contributed by atoms with Crippen LogP contribution in [0.15, 0.2) is 29.6 Å². The SMILES string of the molecule is Cc1ccc(OCC(=O)NCCc2nc(C(=O)O)cs2)cc1. The van der Waals surface area contributed by atoms with E-state index >= 15 is 0 Å². The van der Waals surface area contributed by atoms with Gasteiger partial charge in [-0.1, -0.05) is 17.7 Å². The van der Waals surface area contributed by atoms with Crippen LogP contribution in [-0.4, -0.2) is 35.1 Å². The Bertz CT molecular complexity index is 652. The van der Waals surface area contributed by atoms with Crippen LogP contribution in [0.4, 0.5) is 0 Å². The first-order chi connectivity index (χ1) is 10.5. The van der Waals surface area contributed by atoms with Crippen molar-refractivity contribution in [1.82, 2.24) is 10.3 Å². The summed E-state index contributed by atoms with van der Waals surface area (Å²) in [6.07, 6.45) is 0.494. The van der Waals surface area contributed by atoms with Gasteiger partial charge in [0.05, 0.1) is 5.01 Å². The molecular formula is C15H16N2O4S. The van der Waals surface area contributed by atoms with E-state index in [4.69, 9.17) is 9.84 Å². The van der Waals surface area contributed by atoms with Crippen molar-refractivity contribution in [3.63, 3.8) is 0 Å². The summed E-state index contributed by atoms with van der Waals surface area (Å²) in [5, 5.41) is 13.6. The van der Waals surface area contributed by atoms with E-state index in [1.807, 2.05) is 31.2 Å². The van der Waals surface area contributed by atoms with Crippen LogP contribution >= 0.6 is 11.3 Å². The molecule has 0 radical (unpaired) electrons. The number of aryl methyl sites for hydroxylation is 1. The Labute approximate surface area is 131 Å². The molecule has 0 aliphatic rings. The van der Waals surface area contributed by atoms with Crippen LogP contribution in [0.5, 0.6) is 5.75 Å². The van der Waals surface area contributed by atoms with Crippen molar-refractivity contribution in [3.05, 3.63) is 45.9 Å². The zero-order chi connectivity index (χ0) is 15.9. The minimum Gasteiger partial charge on any atom is -0.484 e. The van der Waals surface area contributed by atoms with Crippen LogP contribution in [0.1, 0.15) is 21.1 Å². The molecule has 0 saturated heterocycles. The van der Waals surface area contributed by atoms with Crippen LogP contribution in [0, 0.1) is 6.92 Å². The Hall–Kier alpha value is -2.41. The van der Waals surface area contributed by atoms with Crippen LogP contribution in [0.25, 0.3) is 0 Å². The van der Waals surface area contributed by atoms with E-state index in [9.17, 15) is 9.59 Å². The molecule has 0 unspecified atom stereocenters. The minimum absolute atomic E-state index is 0.0361. The van der Waals surface area contributed by atoms with Gasteiger partial charge in [0.25, 0.3) is 5.91 Å². The number of carbonyl (C=O) groups is 2. The van der Waals surface area contributed by atoms with Gasteiger partial charge >= 0.3 is 5.97 Å². The summed E-state index contributed by atoms with van der Waals surface area (Å²) in [5.74, 6) is -0.625. The summed E-state index contributed by atoms with van der Waals surface area (Å²) in [6.45, 7) is 2.31. The number of benzene rings is 1. The molecule has 0 atom stereocenters. The molecule has 6 nitrogen and oxygen atoms in total. The normalized spacial score (nSPS) is 10.2. The van der Waals surface area contributed by atoms with Gasteiger partial charge in [0.2, 0.25) is 0 Å². The molecule has 0 saturated carbocycles. The number of ether oxygens (including phenoxy) is 1. The third-order valence-corrected chi connectivity index (χ3v) is 3.73. The van der Waals surface area contributed by atoms with Gasteiger partial charge in [-0.2, -0.15) is 0 Å². The third kappa shape index (κ3) is 4.85. The molecule has 7 heteroatoms. The lowest BCUT2D eigenvalue weighted by atomic mass is 10.2. The third-order valence-electron chi connectivity index (χ3n) is 2.82. The van der Waals surface area contributed by atoms with Gasteiger partial charge in [0.1, 0.15) is 5.75 Å². The maximum Gasteiger partial charge on any atom is 0.355 e. The number of aromatic carboxylic acids is 1. The Morgan fingerprint density at radius 2 is 2.05 bits per heavy atom. The van der Waals surface area contributed by atoms with Crippen molar-refractivity contribution >= 4 is 23.2 Å². The van der Waals surface area contributed by atoms with E-state index in [0.717, 1.165) is 5.56 Å². The fraction of sp³-hybridized carbons (Fsp3) is 0.267. The average molecular weight is 320 g/mol. The molecule has 1 amide bonds. The van der Waals surface area contributed by atoms with Crippen molar-refractivity contribution in [2.75, 3.05) is 13.2 Å². The van der Waals surface area contributed by atoms with E-state index in [-0.39, 0.29) is 18.2 Å². The monoisotopic (exact) mass is 320 g/mol. The Morgan fingerprint density at radius 1 is 1.32 bits per heavy atom. The fourth-order valence-electron chi connectivity index (χ4n) is 1.67. The van der Waals surface area contributed by atoms with Gasteiger partial charge in [0.15, 0.2) is 12.3 Å². The first-order valence-electron chi connectivity index (χ1n) is 6.68. The number of rotatable bonds is 7. The summed E-state index contributed by atoms with van der Waals surface area (Å²) in [4.78, 5) is 26.3. The topological polar surface area (TPSA) is 88.5 Å². The zero-order valence-electron chi connectivity index (χ0n) is 12.0. The van der Waals surface area contributed by atoms with Crippen molar-refractivity contribution in [2.45, 2.75) is 13.3 Å². The van der Waals surface area contributed by atoms with E-state index in [0.29, 0.717) is 23.7 Å². The number of hydrogen-bond acceptors (Lipinski definition) is 5. The van der Waals surface area contributed by atoms with Gasteiger partial charge in [0, 0.05) is 18.3 Å². The fourth-order valence-corrected chi connectivity index (χ4v) is 2.44. The lowest BCUT2D eigenvalue weighted by molar-refractivity contribution is -0.123. The van der Waals surface area contributed by atoms with Crippen LogP contribution in [0.3, 0.4) is 0 Å². The van der Waals surface area contributed by atoms with Crippen LogP contribution in [0.2, 0.25) is 0 Å². The summed E-state index contributed by atoms with van der Waals surface area (Å²) in [5.41, 5.74) is 1.16. The molecule has 0 spiro atoms. The number of carboxylic acid groups (broad SMARTS) is 1. The largest absolute Gasteiger partial charge is 0.484 e. The molecular weight excluding hydrogens is 304 g/mol. The number of carbonyl (C=O) groups excluding carboxylic acids is 1. The number of amides is 1. The second-order valence-electron chi connectivity index (χ2n) is 4.63. The second-order valence-corrected chi connectivity index (χ2v) is 5.58. The molecule has 0 bridgehead atoms. The predicted octanol–water partition coefficient (Wildman–Crippen LogP) is 1.89. The minimum atomic E-state index is -1.04. The van der Waals surface area contributed by atoms with Gasteiger partial charge in [-0.25, -0.2) is 9.78 Å². The van der Waals surface area contributed by atoms with E-state index in [1.165, 1.54) is 16.7 Å². The number of carboxylic acids is 1. The van der Waals surface area contributed by atoms with Crippen LogP contribution in [-0.2, 0) is 11.2 Å². The average Bonchev–Trinajstić information content (AvgIpc) is 2.96. The molecule has 22 heavy (non-hydrogen) atoms. The summed E-state index contributed by atoms with van der Waals surface area (Å²) in [7, 11) is 0. The highest BCUT2D eigenvalue weighted by atomic mass is 32.1. The Balaban J connectivity index is 1.69. The number of nitrogens with one attached hydrogen (secondary N) is 1. The van der Waals surface area contributed by atoms with Crippen molar-refractivity contribution in [1.29, 1.82) is 0 Å². The van der Waals surface area contributed by atoms with Gasteiger partial charge in [-0.05, 0) is 19.1 Å². The molecule has 116 valence electrons. The molecule has 0 aliphatic heterocycles. The smallest absolute Gasteiger partial charge is 0.355 e. The van der Waals surface area contributed by atoms with Gasteiger partial charge in [-0.3, -0.25) is 4.79 Å². The molecule has 2 rings (SSSR count). The lowest BCUT2D eigenvalue weighted by Gasteiger charge is -2.07. The highest BCUT2D eigenvalue weighted by Gasteiger charge is 2.09. The molecule has 0 aliphatic carbocycles. The Kier molecular flexibility index (Phi) is 5.48. The van der Waals surface area contributed by atoms with E-state index in [2.05, 4.69) is 10.3 Å². The van der Waals surface area contributed by atoms with E-state index in [1.54, 1.807) is 0 Å². The Morgan fingerprint density at radius 3 is 2.68 bits per heavy atom. The maximum atomic E-state index is 11.6. The van der Waals surface area contributed by atoms with Gasteiger partial charge in [-0.15, -0.1) is 11.3 Å². The number of hydrogen-bond donors (Lipinski definition) is 2. The molecule has 2 aromatic rings. The molecule has 0 fully saturated rings. The molecule has 2 N–H and O–H groups in total. The summed E-state index contributed by atoms with van der Waals surface area (Å²) < 4.78 is 5.36. The summed E-state index contributed by atoms with van der Waals surface area (Å²) >= 11 is 1.27. The number of aromatic nitrogens is 1. The second kappa shape index (κ2) is 7.56. The first-order valence-corrected chi connectivity index (χ1v) is 7.56. The standard InChI is InChI=1S/C15H16N2O4S/c1-10-2-4-11(5-3-10)21-8-13(18)16-7-6-14-17-12(9-22-14)15(19)20/h2-5,9H,6-8H2,1H3,(H,16,18)(H,19,20). The quantitative estimate of drug-likeness (QED) is 0.813. The molecule has 1 aromatic heterocycles. The van der Waals surface area contributed by atoms with Crippen LogP contribution < -0.4 is 10.1 Å². The molecule has 1 aromatic carbocycles. The number of thiazole rings is 1. The lowest BCUT2D eigenvalue weighted by Crippen LogP contribution is -2.30. The van der Waals surface area contributed by atoms with E-state index < -0.39 is 5.97 Å². The van der Waals surface area contributed by atoms with Crippen molar-refractivity contribution in [2.24, 2.45) is 0 Å². The predicted molar refractivity (Wildman–Crippen MR) is 82.5 cm³/mol. The maximum absolute atomic E-state index is 11.6. The van der Waals surface area contributed by atoms with Crippen molar-refractivity contribution in [3.8, 4) is 5.75 Å². The summed E-state index contributed by atoms with van der Waals surface area (Å²) in [6, 6.07) is 7.45.